The number of rotatable bonds is 10. The van der Waals surface area contributed by atoms with Crippen molar-refractivity contribution < 1.29 is 9.16 Å². The minimum atomic E-state index is -1.71. The van der Waals surface area contributed by atoms with Gasteiger partial charge in [-0.2, -0.15) is 0 Å². The van der Waals surface area contributed by atoms with Crippen LogP contribution in [0.3, 0.4) is 0 Å². The summed E-state index contributed by atoms with van der Waals surface area (Å²) < 4.78 is 12.7. The van der Waals surface area contributed by atoms with Gasteiger partial charge in [0.1, 0.15) is 0 Å². The van der Waals surface area contributed by atoms with E-state index in [1.165, 1.54) is 11.1 Å². The maximum absolute atomic E-state index is 6.40. The van der Waals surface area contributed by atoms with Crippen LogP contribution in [-0.4, -0.2) is 21.0 Å². The van der Waals surface area contributed by atoms with Gasteiger partial charge in [-0.15, -0.1) is 0 Å². The molecule has 0 aliphatic rings. The van der Waals surface area contributed by atoms with Crippen molar-refractivity contribution in [2.45, 2.75) is 65.0 Å². The molecular weight excluding hydrogens is 372 g/mol. The van der Waals surface area contributed by atoms with Crippen LogP contribution in [0, 0.1) is 5.92 Å². The first-order valence-electron chi connectivity index (χ1n) is 10.7. The van der Waals surface area contributed by atoms with Crippen LogP contribution in [0.25, 0.3) is 6.08 Å². The fraction of sp³-hybridized carbons (Fsp3) is 0.462. The third kappa shape index (κ3) is 7.92. The van der Waals surface area contributed by atoms with Crippen molar-refractivity contribution in [2.24, 2.45) is 5.92 Å². The number of hydrogen-bond acceptors (Lipinski definition) is 2. The number of benzene rings is 2. The zero-order chi connectivity index (χ0) is 21.3. The molecule has 0 heterocycles. The zero-order valence-corrected chi connectivity index (χ0v) is 20.0. The van der Waals surface area contributed by atoms with Crippen LogP contribution in [-0.2, 0) is 15.8 Å². The Bertz CT molecular complexity index is 732. The quantitative estimate of drug-likeness (QED) is 0.382. The van der Waals surface area contributed by atoms with Gasteiger partial charge in [0.15, 0.2) is 8.32 Å². The average Bonchev–Trinajstić information content (AvgIpc) is 2.68. The van der Waals surface area contributed by atoms with E-state index < -0.39 is 8.32 Å². The predicted molar refractivity (Wildman–Crippen MR) is 127 cm³/mol. The molecule has 3 heteroatoms. The molecule has 2 atom stereocenters. The molecule has 0 aromatic heterocycles. The van der Waals surface area contributed by atoms with Gasteiger partial charge >= 0.3 is 0 Å². The third-order valence-electron chi connectivity index (χ3n) is 5.97. The van der Waals surface area contributed by atoms with E-state index in [2.05, 4.69) is 101 Å². The van der Waals surface area contributed by atoms with Gasteiger partial charge < -0.3 is 9.16 Å². The molecule has 29 heavy (non-hydrogen) atoms. The van der Waals surface area contributed by atoms with Gasteiger partial charge in [0.05, 0.1) is 12.7 Å². The fourth-order valence-electron chi connectivity index (χ4n) is 2.83. The Labute approximate surface area is 179 Å². The first-order chi connectivity index (χ1) is 13.7. The second kappa shape index (κ2) is 10.9. The third-order valence-corrected chi connectivity index (χ3v) is 10.5. The van der Waals surface area contributed by atoms with Crippen molar-refractivity contribution in [1.82, 2.24) is 0 Å². The Morgan fingerprint density at radius 2 is 1.52 bits per heavy atom. The van der Waals surface area contributed by atoms with Gasteiger partial charge in [-0.1, -0.05) is 101 Å². The normalized spacial score (nSPS) is 14.8. The topological polar surface area (TPSA) is 18.5 Å². The Hall–Kier alpha value is -1.68. The van der Waals surface area contributed by atoms with Crippen LogP contribution < -0.4 is 0 Å². The molecule has 2 aromatic rings. The molecule has 2 rings (SSSR count). The van der Waals surface area contributed by atoms with E-state index in [9.17, 15) is 0 Å². The SMILES string of the molecule is C[C@@H](CCO[Si](C)(C)C(C)(C)C)[C@H](/C=C/c1ccccc1)OCc1ccccc1. The lowest BCUT2D eigenvalue weighted by Crippen LogP contribution is -2.41. The molecule has 0 aliphatic carbocycles. The lowest BCUT2D eigenvalue weighted by atomic mass is 10.00. The molecule has 0 spiro atoms. The molecular formula is C26H38O2Si. The minimum Gasteiger partial charge on any atom is -0.417 e. The predicted octanol–water partition coefficient (Wildman–Crippen LogP) is 7.33. The molecule has 0 N–H and O–H groups in total. The number of hydrogen-bond donors (Lipinski definition) is 0. The van der Waals surface area contributed by atoms with Gasteiger partial charge in [-0.25, -0.2) is 0 Å². The molecule has 0 bridgehead atoms. The first kappa shape index (κ1) is 23.6. The van der Waals surface area contributed by atoms with E-state index in [4.69, 9.17) is 9.16 Å². The smallest absolute Gasteiger partial charge is 0.191 e. The summed E-state index contributed by atoms with van der Waals surface area (Å²) >= 11 is 0. The van der Waals surface area contributed by atoms with Crippen LogP contribution >= 0.6 is 0 Å². The molecule has 0 saturated carbocycles. The summed E-state index contributed by atoms with van der Waals surface area (Å²) in [6, 6.07) is 20.8. The summed E-state index contributed by atoms with van der Waals surface area (Å²) in [5.41, 5.74) is 2.40. The second-order valence-electron chi connectivity index (χ2n) is 9.41. The largest absolute Gasteiger partial charge is 0.417 e. The highest BCUT2D eigenvalue weighted by Crippen LogP contribution is 2.36. The highest BCUT2D eigenvalue weighted by Gasteiger charge is 2.37. The lowest BCUT2D eigenvalue weighted by Gasteiger charge is -2.36. The van der Waals surface area contributed by atoms with E-state index in [0.29, 0.717) is 12.5 Å². The summed E-state index contributed by atoms with van der Waals surface area (Å²) in [7, 11) is -1.71. The summed E-state index contributed by atoms with van der Waals surface area (Å²) in [5, 5.41) is 0.243. The van der Waals surface area contributed by atoms with Crippen LogP contribution in [0.2, 0.25) is 18.1 Å². The molecule has 0 unspecified atom stereocenters. The molecule has 158 valence electrons. The Balaban J connectivity index is 2.00. The molecule has 0 fully saturated rings. The highest BCUT2D eigenvalue weighted by atomic mass is 28.4. The standard InChI is InChI=1S/C26H38O2Si/c1-22(19-20-28-29(5,6)26(2,3)4)25(18-17-23-13-9-7-10-14-23)27-21-24-15-11-8-12-16-24/h7-18,22,25H,19-21H2,1-6H3/b18-17+/t22-,25-/m0/s1. The van der Waals surface area contributed by atoms with Crippen molar-refractivity contribution in [3.05, 3.63) is 77.9 Å². The Morgan fingerprint density at radius 3 is 2.10 bits per heavy atom. The van der Waals surface area contributed by atoms with Gasteiger partial charge in [0.25, 0.3) is 0 Å². The van der Waals surface area contributed by atoms with E-state index in [-0.39, 0.29) is 11.1 Å². The van der Waals surface area contributed by atoms with Crippen LogP contribution in [0.1, 0.15) is 45.2 Å². The van der Waals surface area contributed by atoms with Gasteiger partial charge in [-0.05, 0) is 41.6 Å². The van der Waals surface area contributed by atoms with E-state index >= 15 is 0 Å². The lowest BCUT2D eigenvalue weighted by molar-refractivity contribution is 0.0314. The van der Waals surface area contributed by atoms with E-state index in [1.807, 2.05) is 12.1 Å². The molecule has 0 radical (unpaired) electrons. The molecule has 0 aliphatic heterocycles. The second-order valence-corrected chi connectivity index (χ2v) is 14.2. The number of ether oxygens (including phenoxy) is 1. The van der Waals surface area contributed by atoms with Crippen molar-refractivity contribution in [3.8, 4) is 0 Å². The maximum Gasteiger partial charge on any atom is 0.191 e. The van der Waals surface area contributed by atoms with Gasteiger partial charge in [-0.3, -0.25) is 0 Å². The summed E-state index contributed by atoms with van der Waals surface area (Å²) in [4.78, 5) is 0. The van der Waals surface area contributed by atoms with E-state index in [1.54, 1.807) is 0 Å². The van der Waals surface area contributed by atoms with Crippen LogP contribution in [0.5, 0.6) is 0 Å². The van der Waals surface area contributed by atoms with Gasteiger partial charge in [0.2, 0.25) is 0 Å². The van der Waals surface area contributed by atoms with Gasteiger partial charge in [0, 0.05) is 6.61 Å². The minimum absolute atomic E-state index is 0.0541. The summed E-state index contributed by atoms with van der Waals surface area (Å²) in [5.74, 6) is 0.378. The molecule has 0 amide bonds. The summed E-state index contributed by atoms with van der Waals surface area (Å²) in [6.45, 7) is 15.2. The monoisotopic (exact) mass is 410 g/mol. The Kier molecular flexibility index (Phi) is 8.88. The van der Waals surface area contributed by atoms with Crippen molar-refractivity contribution in [2.75, 3.05) is 6.61 Å². The molecule has 0 saturated heterocycles. The van der Waals surface area contributed by atoms with E-state index in [0.717, 1.165) is 13.0 Å². The Morgan fingerprint density at radius 1 is 0.931 bits per heavy atom. The highest BCUT2D eigenvalue weighted by molar-refractivity contribution is 6.74. The fourth-order valence-corrected chi connectivity index (χ4v) is 3.89. The van der Waals surface area contributed by atoms with Crippen molar-refractivity contribution in [3.63, 3.8) is 0 Å². The average molecular weight is 411 g/mol. The molecule has 2 nitrogen and oxygen atoms in total. The van der Waals surface area contributed by atoms with Crippen molar-refractivity contribution in [1.29, 1.82) is 0 Å². The zero-order valence-electron chi connectivity index (χ0n) is 19.0. The van der Waals surface area contributed by atoms with Crippen LogP contribution in [0.4, 0.5) is 0 Å². The summed E-state index contributed by atoms with van der Waals surface area (Å²) in [6.07, 6.45) is 5.42. The first-order valence-corrected chi connectivity index (χ1v) is 13.6. The maximum atomic E-state index is 6.40. The van der Waals surface area contributed by atoms with Crippen molar-refractivity contribution >= 4 is 14.4 Å². The molecule has 2 aromatic carbocycles. The van der Waals surface area contributed by atoms with Crippen LogP contribution in [0.15, 0.2) is 66.7 Å².